The van der Waals surface area contributed by atoms with Crippen molar-refractivity contribution < 1.29 is 5.11 Å². The van der Waals surface area contributed by atoms with Gasteiger partial charge in [-0.15, -0.1) is 11.3 Å². The van der Waals surface area contributed by atoms with Crippen LogP contribution >= 0.6 is 27.3 Å². The molecule has 2 N–H and O–H groups in total. The Kier molecular flexibility index (Phi) is 4.20. The minimum absolute atomic E-state index is 0.125. The average Bonchev–Trinajstić information content (AvgIpc) is 2.77. The second kappa shape index (κ2) is 5.43. The summed E-state index contributed by atoms with van der Waals surface area (Å²) >= 11 is 5.24. The summed E-state index contributed by atoms with van der Waals surface area (Å²) in [5.74, 6) is 0. The topological polar surface area (TPSA) is 32.3 Å². The van der Waals surface area contributed by atoms with Gasteiger partial charge in [-0.05, 0) is 53.7 Å². The summed E-state index contributed by atoms with van der Waals surface area (Å²) in [6.07, 6.45) is 4.17. The quantitative estimate of drug-likeness (QED) is 0.893. The van der Waals surface area contributed by atoms with Gasteiger partial charge < -0.3 is 10.4 Å². The monoisotopic (exact) mass is 289 g/mol. The van der Waals surface area contributed by atoms with Gasteiger partial charge in [0, 0.05) is 17.5 Å². The van der Waals surface area contributed by atoms with E-state index >= 15 is 0 Å². The zero-order chi connectivity index (χ0) is 10.7. The summed E-state index contributed by atoms with van der Waals surface area (Å²) in [6.45, 7) is 0.967. The summed E-state index contributed by atoms with van der Waals surface area (Å²) < 4.78 is 1.19. The van der Waals surface area contributed by atoms with Crippen molar-refractivity contribution >= 4 is 27.3 Å². The Morgan fingerprint density at radius 2 is 2.33 bits per heavy atom. The molecule has 84 valence electrons. The molecule has 0 amide bonds. The molecule has 1 saturated carbocycles. The number of hydrogen-bond donors (Lipinski definition) is 2. The van der Waals surface area contributed by atoms with E-state index in [1.807, 2.05) is 0 Å². The SMILES string of the molecule is O[C@@H]1CCC[C@H]1NCCc1ccc(Br)s1. The molecule has 1 heterocycles. The van der Waals surface area contributed by atoms with E-state index in [4.69, 9.17) is 0 Å². The van der Waals surface area contributed by atoms with Gasteiger partial charge in [-0.1, -0.05) is 0 Å². The van der Waals surface area contributed by atoms with Crippen LogP contribution < -0.4 is 5.32 Å². The molecule has 1 aromatic rings. The Morgan fingerprint density at radius 1 is 1.47 bits per heavy atom. The number of thiophene rings is 1. The summed E-state index contributed by atoms with van der Waals surface area (Å²) in [7, 11) is 0. The van der Waals surface area contributed by atoms with Crippen molar-refractivity contribution in [2.45, 2.75) is 37.8 Å². The molecule has 1 aromatic heterocycles. The van der Waals surface area contributed by atoms with Gasteiger partial charge in [-0.2, -0.15) is 0 Å². The number of halogens is 1. The second-order valence-corrected chi connectivity index (χ2v) is 6.56. The van der Waals surface area contributed by atoms with Crippen LogP contribution in [-0.4, -0.2) is 23.8 Å². The van der Waals surface area contributed by atoms with Crippen molar-refractivity contribution in [2.75, 3.05) is 6.54 Å². The minimum Gasteiger partial charge on any atom is -0.392 e. The molecular weight excluding hydrogens is 274 g/mol. The first-order valence-electron chi connectivity index (χ1n) is 5.41. The second-order valence-electron chi connectivity index (χ2n) is 4.01. The average molecular weight is 290 g/mol. The molecule has 0 saturated heterocycles. The van der Waals surface area contributed by atoms with Crippen molar-refractivity contribution in [3.63, 3.8) is 0 Å². The third kappa shape index (κ3) is 3.28. The number of aliphatic hydroxyl groups excluding tert-OH is 1. The zero-order valence-corrected chi connectivity index (χ0v) is 11.0. The molecule has 2 atom stereocenters. The third-order valence-electron chi connectivity index (χ3n) is 2.89. The molecule has 0 radical (unpaired) electrons. The standard InChI is InChI=1S/C11H16BrNOS/c12-11-5-4-8(15-11)6-7-13-9-2-1-3-10(9)14/h4-5,9-10,13-14H,1-3,6-7H2/t9-,10-/m1/s1. The van der Waals surface area contributed by atoms with Crippen molar-refractivity contribution in [3.05, 3.63) is 20.8 Å². The first-order valence-corrected chi connectivity index (χ1v) is 7.02. The Morgan fingerprint density at radius 3 is 2.93 bits per heavy atom. The van der Waals surface area contributed by atoms with E-state index in [2.05, 4.69) is 33.4 Å². The molecule has 2 nitrogen and oxygen atoms in total. The first kappa shape index (κ1) is 11.6. The van der Waals surface area contributed by atoms with Gasteiger partial charge in [0.25, 0.3) is 0 Å². The minimum atomic E-state index is -0.125. The van der Waals surface area contributed by atoms with Crippen LogP contribution in [0.3, 0.4) is 0 Å². The Hall–Kier alpha value is 0.1000. The predicted octanol–water partition coefficient (Wildman–Crippen LogP) is 2.56. The lowest BCUT2D eigenvalue weighted by molar-refractivity contribution is 0.149. The third-order valence-corrected chi connectivity index (χ3v) is 4.57. The summed E-state index contributed by atoms with van der Waals surface area (Å²) in [6, 6.07) is 4.57. The molecule has 1 aliphatic carbocycles. The molecular formula is C11H16BrNOS. The van der Waals surface area contributed by atoms with E-state index in [1.54, 1.807) is 11.3 Å². The predicted molar refractivity (Wildman–Crippen MR) is 67.4 cm³/mol. The van der Waals surface area contributed by atoms with Gasteiger partial charge in [0.2, 0.25) is 0 Å². The van der Waals surface area contributed by atoms with Crippen molar-refractivity contribution in [1.82, 2.24) is 5.32 Å². The van der Waals surface area contributed by atoms with Crippen LogP contribution in [0.25, 0.3) is 0 Å². The Labute approximate surface area is 103 Å². The zero-order valence-electron chi connectivity index (χ0n) is 8.58. The van der Waals surface area contributed by atoms with E-state index in [-0.39, 0.29) is 6.10 Å². The Balaban J connectivity index is 1.70. The largest absolute Gasteiger partial charge is 0.392 e. The summed E-state index contributed by atoms with van der Waals surface area (Å²) in [5.41, 5.74) is 0. The van der Waals surface area contributed by atoms with Gasteiger partial charge in [-0.3, -0.25) is 0 Å². The van der Waals surface area contributed by atoms with Crippen molar-refractivity contribution in [1.29, 1.82) is 0 Å². The van der Waals surface area contributed by atoms with Crippen LogP contribution in [0.4, 0.5) is 0 Å². The first-order chi connectivity index (χ1) is 7.25. The van der Waals surface area contributed by atoms with Gasteiger partial charge in [0.15, 0.2) is 0 Å². The van der Waals surface area contributed by atoms with Gasteiger partial charge in [0.1, 0.15) is 0 Å². The fourth-order valence-corrected chi connectivity index (χ4v) is 3.53. The van der Waals surface area contributed by atoms with E-state index in [0.717, 1.165) is 32.2 Å². The lowest BCUT2D eigenvalue weighted by Gasteiger charge is -2.15. The normalized spacial score (nSPS) is 26.0. The van der Waals surface area contributed by atoms with Gasteiger partial charge >= 0.3 is 0 Å². The molecule has 0 aromatic carbocycles. The van der Waals surface area contributed by atoms with Crippen molar-refractivity contribution in [2.24, 2.45) is 0 Å². The van der Waals surface area contributed by atoms with E-state index in [9.17, 15) is 5.11 Å². The van der Waals surface area contributed by atoms with Gasteiger partial charge in [0.05, 0.1) is 9.89 Å². The van der Waals surface area contributed by atoms with Crippen molar-refractivity contribution in [3.8, 4) is 0 Å². The highest BCUT2D eigenvalue weighted by molar-refractivity contribution is 9.11. The van der Waals surface area contributed by atoms with Crippen LogP contribution in [0.5, 0.6) is 0 Å². The fourth-order valence-electron chi connectivity index (χ4n) is 2.05. The molecule has 0 bridgehead atoms. The fraction of sp³-hybridized carbons (Fsp3) is 0.636. The molecule has 0 unspecified atom stereocenters. The molecule has 4 heteroatoms. The molecule has 1 fully saturated rings. The van der Waals surface area contributed by atoms with Crippen LogP contribution in [-0.2, 0) is 6.42 Å². The van der Waals surface area contributed by atoms with E-state index in [1.165, 1.54) is 8.66 Å². The van der Waals surface area contributed by atoms with Gasteiger partial charge in [-0.25, -0.2) is 0 Å². The smallest absolute Gasteiger partial charge is 0.0701 e. The maximum absolute atomic E-state index is 9.62. The number of nitrogens with one attached hydrogen (secondary N) is 1. The molecule has 15 heavy (non-hydrogen) atoms. The molecule has 0 aliphatic heterocycles. The maximum atomic E-state index is 9.62. The highest BCUT2D eigenvalue weighted by atomic mass is 79.9. The molecule has 2 rings (SSSR count). The number of rotatable bonds is 4. The number of hydrogen-bond acceptors (Lipinski definition) is 3. The molecule has 1 aliphatic rings. The summed E-state index contributed by atoms with van der Waals surface area (Å²) in [5, 5.41) is 13.1. The van der Waals surface area contributed by atoms with Crippen LogP contribution in [0, 0.1) is 0 Å². The Bertz CT molecular complexity index is 315. The summed E-state index contributed by atoms with van der Waals surface area (Å²) in [4.78, 5) is 1.39. The lowest BCUT2D eigenvalue weighted by atomic mass is 10.2. The highest BCUT2D eigenvalue weighted by Crippen LogP contribution is 2.22. The highest BCUT2D eigenvalue weighted by Gasteiger charge is 2.23. The maximum Gasteiger partial charge on any atom is 0.0701 e. The van der Waals surface area contributed by atoms with E-state index in [0.29, 0.717) is 6.04 Å². The van der Waals surface area contributed by atoms with E-state index < -0.39 is 0 Å². The van der Waals surface area contributed by atoms with Crippen LogP contribution in [0.2, 0.25) is 0 Å². The number of aliphatic hydroxyl groups is 1. The van der Waals surface area contributed by atoms with Crippen LogP contribution in [0.1, 0.15) is 24.1 Å². The molecule has 0 spiro atoms. The van der Waals surface area contributed by atoms with Crippen LogP contribution in [0.15, 0.2) is 15.9 Å². The lowest BCUT2D eigenvalue weighted by Crippen LogP contribution is -2.36.